The van der Waals surface area contributed by atoms with E-state index in [-0.39, 0.29) is 41.0 Å². The number of sulfonamides is 2. The summed E-state index contributed by atoms with van der Waals surface area (Å²) in [6.07, 6.45) is 2.76. The van der Waals surface area contributed by atoms with E-state index in [1.54, 1.807) is 35.7 Å². The number of carbonyl (C=O) groups is 1. The molecule has 4 N–H and O–H groups in total. The summed E-state index contributed by atoms with van der Waals surface area (Å²) in [5.41, 5.74) is 7.53. The van der Waals surface area contributed by atoms with Gasteiger partial charge in [0.25, 0.3) is 0 Å². The van der Waals surface area contributed by atoms with Crippen molar-refractivity contribution in [3.8, 4) is 0 Å². The number of aliphatic carboxylic acids is 1. The lowest BCUT2D eigenvalue weighted by Crippen LogP contribution is -2.44. The molecule has 2 fully saturated rings. The largest absolute Gasteiger partial charge is 0.490 e. The number of carboxylic acid groups (broad SMARTS) is 1. The van der Waals surface area contributed by atoms with Crippen LogP contribution in [0.1, 0.15) is 62.6 Å². The van der Waals surface area contributed by atoms with Gasteiger partial charge in [0.1, 0.15) is 0 Å². The minimum absolute atomic E-state index is 0.0364. The Morgan fingerprint density at radius 2 is 1.34 bits per heavy atom. The van der Waals surface area contributed by atoms with Crippen LogP contribution in [0.25, 0.3) is 0 Å². The maximum atomic E-state index is 14.1. The van der Waals surface area contributed by atoms with Crippen LogP contribution in [0.3, 0.4) is 0 Å². The molecule has 1 heterocycles. The molecule has 50 heavy (non-hydrogen) atoms. The Morgan fingerprint density at radius 3 is 1.82 bits per heavy atom. The smallest absolute Gasteiger partial charge is 0.475 e. The number of hydrogen-bond acceptors (Lipinski definition) is 9. The first-order chi connectivity index (χ1) is 23.5. The van der Waals surface area contributed by atoms with Gasteiger partial charge in [0.05, 0.1) is 22.0 Å². The molecule has 0 saturated heterocycles. The van der Waals surface area contributed by atoms with Crippen molar-refractivity contribution >= 4 is 43.6 Å². The number of halogens is 4. The Morgan fingerprint density at radius 1 is 0.860 bits per heavy atom. The van der Waals surface area contributed by atoms with Gasteiger partial charge in [-0.05, 0) is 86.6 Å². The molecule has 1 aromatic heterocycles. The highest BCUT2D eigenvalue weighted by Gasteiger charge is 2.38. The zero-order chi connectivity index (χ0) is 36.7. The third-order valence-corrected chi connectivity index (χ3v) is 12.7. The Hall–Kier alpha value is -3.35. The molecule has 2 saturated carbocycles. The molecule has 2 aromatic carbocycles. The average molecular weight is 761 g/mol. The molecule has 0 amide bonds. The minimum Gasteiger partial charge on any atom is -0.475 e. The number of benzene rings is 2. The predicted molar refractivity (Wildman–Crippen MR) is 181 cm³/mol. The van der Waals surface area contributed by atoms with Gasteiger partial charge in [0.15, 0.2) is 0 Å². The molecule has 2 aliphatic rings. The second-order valence-electron chi connectivity index (χ2n) is 12.1. The quantitative estimate of drug-likeness (QED) is 0.230. The Balaban J connectivity index is 0.000000727. The van der Waals surface area contributed by atoms with E-state index in [1.165, 1.54) is 28.6 Å². The zero-order valence-electron chi connectivity index (χ0n) is 27.3. The second-order valence-corrected chi connectivity index (χ2v) is 16.3. The molecule has 3 aromatic rings. The molecule has 18 heteroatoms. The molecule has 0 atom stereocenters. The van der Waals surface area contributed by atoms with Crippen LogP contribution in [0.2, 0.25) is 5.02 Å². The van der Waals surface area contributed by atoms with E-state index in [4.69, 9.17) is 27.2 Å². The lowest BCUT2D eigenvalue weighted by Gasteiger charge is -2.35. The van der Waals surface area contributed by atoms with E-state index >= 15 is 0 Å². The number of nitrogens with zero attached hydrogens (tertiary/aromatic N) is 4. The van der Waals surface area contributed by atoms with Crippen molar-refractivity contribution < 1.29 is 39.9 Å². The third-order valence-electron chi connectivity index (χ3n) is 8.67. The van der Waals surface area contributed by atoms with Crippen LogP contribution >= 0.6 is 11.6 Å². The van der Waals surface area contributed by atoms with Crippen molar-refractivity contribution in [3.05, 3.63) is 77.1 Å². The summed E-state index contributed by atoms with van der Waals surface area (Å²) in [6, 6.07) is 14.2. The van der Waals surface area contributed by atoms with Gasteiger partial charge in [-0.1, -0.05) is 36.6 Å². The van der Waals surface area contributed by atoms with Crippen LogP contribution in [0.4, 0.5) is 19.1 Å². The maximum absolute atomic E-state index is 14.1. The van der Waals surface area contributed by atoms with Crippen molar-refractivity contribution in [2.24, 2.45) is 5.73 Å². The fourth-order valence-corrected chi connectivity index (χ4v) is 9.45. The predicted octanol–water partition coefficient (Wildman–Crippen LogP) is 5.40. The lowest BCUT2D eigenvalue weighted by molar-refractivity contribution is -0.192. The van der Waals surface area contributed by atoms with Gasteiger partial charge < -0.3 is 16.2 Å². The van der Waals surface area contributed by atoms with Crippen molar-refractivity contribution in [2.45, 2.75) is 98.5 Å². The molecule has 0 radical (unpaired) electrons. The topological polar surface area (TPSA) is 176 Å². The second kappa shape index (κ2) is 16.8. The minimum atomic E-state index is -5.08. The molecule has 5 rings (SSSR count). The molecule has 0 unspecified atom stereocenters. The normalized spacial score (nSPS) is 18.9. The average Bonchev–Trinajstić information content (AvgIpc) is 3.62. The summed E-state index contributed by atoms with van der Waals surface area (Å²) in [4.78, 5) is 17.6. The molecular weight excluding hydrogens is 721 g/mol. The fraction of sp³-hybridized carbons (Fsp3) is 0.469. The van der Waals surface area contributed by atoms with Gasteiger partial charge in [-0.2, -0.15) is 21.8 Å². The molecule has 2 aliphatic carbocycles. The first-order valence-corrected chi connectivity index (χ1v) is 19.2. The Bertz CT molecular complexity index is 1800. The summed E-state index contributed by atoms with van der Waals surface area (Å²) in [7, 11) is -6.20. The van der Waals surface area contributed by atoms with Crippen molar-refractivity contribution in [1.82, 2.24) is 18.6 Å². The van der Waals surface area contributed by atoms with Gasteiger partial charge in [-0.25, -0.2) is 31.6 Å². The Kier molecular flexibility index (Phi) is 13.2. The van der Waals surface area contributed by atoms with Crippen LogP contribution in [-0.2, 0) is 37.9 Å². The number of nitrogens with two attached hydrogens (primary N) is 1. The number of anilines is 1. The van der Waals surface area contributed by atoms with Crippen molar-refractivity contribution in [3.63, 3.8) is 0 Å². The van der Waals surface area contributed by atoms with Crippen LogP contribution in [0.5, 0.6) is 0 Å². The molecular formula is C32H40ClF3N6O6S2. The summed E-state index contributed by atoms with van der Waals surface area (Å²) in [5.74, 6) is -2.35. The molecule has 0 spiro atoms. The number of carboxylic acids is 1. The van der Waals surface area contributed by atoms with Crippen molar-refractivity contribution in [2.75, 3.05) is 12.4 Å². The van der Waals surface area contributed by atoms with Crippen LogP contribution in [0.15, 0.2) is 70.6 Å². The molecule has 0 aliphatic heterocycles. The third kappa shape index (κ3) is 10.1. The zero-order valence-corrected chi connectivity index (χ0v) is 29.6. The van der Waals surface area contributed by atoms with Crippen LogP contribution < -0.4 is 11.1 Å². The Labute approximate surface area is 295 Å². The summed E-state index contributed by atoms with van der Waals surface area (Å²) < 4.78 is 90.9. The number of nitrogens with one attached hydrogen (secondary N) is 1. The summed E-state index contributed by atoms with van der Waals surface area (Å²) in [6.45, 7) is 0.283. The van der Waals surface area contributed by atoms with E-state index in [0.29, 0.717) is 29.5 Å². The van der Waals surface area contributed by atoms with Gasteiger partial charge in [-0.3, -0.25) is 0 Å². The number of rotatable bonds is 11. The SMILES string of the molecule is CNc1nccc(CN(C2CCC(N)CC2)S(=O)(=O)c2ccc(S(=O)(=O)N(Cc3ccc(Cl)cc3)C3CCCC3)cc2)n1.O=C(O)C(F)(F)F. The highest BCUT2D eigenvalue weighted by molar-refractivity contribution is 7.89. The van der Waals surface area contributed by atoms with E-state index in [2.05, 4.69) is 15.3 Å². The molecule has 0 bridgehead atoms. The molecule has 12 nitrogen and oxygen atoms in total. The fourth-order valence-electron chi connectivity index (χ4n) is 5.99. The monoisotopic (exact) mass is 760 g/mol. The summed E-state index contributed by atoms with van der Waals surface area (Å²) in [5, 5.41) is 10.6. The van der Waals surface area contributed by atoms with E-state index in [9.17, 15) is 30.0 Å². The lowest BCUT2D eigenvalue weighted by atomic mass is 9.92. The van der Waals surface area contributed by atoms with Crippen molar-refractivity contribution in [1.29, 1.82) is 0 Å². The first kappa shape index (κ1) is 39.4. The number of hydrogen-bond donors (Lipinski definition) is 3. The van der Waals surface area contributed by atoms with E-state index in [0.717, 1.165) is 44.1 Å². The van der Waals surface area contributed by atoms with E-state index < -0.39 is 32.2 Å². The van der Waals surface area contributed by atoms with Gasteiger partial charge in [-0.15, -0.1) is 0 Å². The van der Waals surface area contributed by atoms with E-state index in [1.807, 2.05) is 12.1 Å². The highest BCUT2D eigenvalue weighted by Crippen LogP contribution is 2.33. The molecule has 274 valence electrons. The van der Waals surface area contributed by atoms with Crippen LogP contribution in [0, 0.1) is 0 Å². The van der Waals surface area contributed by atoms with Gasteiger partial charge in [0, 0.05) is 42.9 Å². The maximum Gasteiger partial charge on any atom is 0.490 e. The standard InChI is InChI=1S/C30H39ClN6O4S2.C2HF3O2/c1-33-30-34-19-18-25(35-30)21-37(27-12-10-24(32)11-13-27)43(40,41)29-16-14-28(15-17-29)42(38,39)36(26-4-2-3-5-26)20-22-6-8-23(31)9-7-22;3-2(4,5)1(6)7/h6-9,14-19,24,26-27H,2-5,10-13,20-21,32H2,1H3,(H,33,34,35);(H,6,7). The number of alkyl halides is 3. The van der Waals surface area contributed by atoms with Gasteiger partial charge >= 0.3 is 12.1 Å². The first-order valence-electron chi connectivity index (χ1n) is 16.0. The highest BCUT2D eigenvalue weighted by atomic mass is 35.5. The van der Waals surface area contributed by atoms with Crippen LogP contribution in [-0.4, -0.2) is 77.8 Å². The number of aromatic nitrogens is 2. The summed E-state index contributed by atoms with van der Waals surface area (Å²) >= 11 is 6.05. The van der Waals surface area contributed by atoms with Gasteiger partial charge in [0.2, 0.25) is 26.0 Å².